The van der Waals surface area contributed by atoms with E-state index in [2.05, 4.69) is 14.9 Å². The first-order valence-corrected chi connectivity index (χ1v) is 7.63. The minimum Gasteiger partial charge on any atom is -0.450 e. The molecule has 0 spiro atoms. The summed E-state index contributed by atoms with van der Waals surface area (Å²) in [6.07, 6.45) is -0.230. The van der Waals surface area contributed by atoms with Crippen molar-refractivity contribution in [3.63, 3.8) is 0 Å². The maximum atomic E-state index is 11.8. The smallest absolute Gasteiger partial charge is 0.409 e. The molecule has 0 radical (unpaired) electrons. The Bertz CT molecular complexity index is 539. The van der Waals surface area contributed by atoms with E-state index in [9.17, 15) is 4.79 Å². The van der Waals surface area contributed by atoms with Crippen molar-refractivity contribution in [3.05, 3.63) is 11.3 Å². The quantitative estimate of drug-likeness (QED) is 0.842. The highest BCUT2D eigenvalue weighted by molar-refractivity contribution is 5.68. The standard InChI is InChI=1S/C15H25N5O2/c1-6-22-15(21)20-9-7-19(8-10-20)13-11(2)12(3)16-14(17-13)18(4)5/h6-10H2,1-5H3. The van der Waals surface area contributed by atoms with Gasteiger partial charge >= 0.3 is 6.09 Å². The van der Waals surface area contributed by atoms with Gasteiger partial charge in [0.2, 0.25) is 5.95 Å². The number of ether oxygens (including phenoxy) is 1. The molecule has 22 heavy (non-hydrogen) atoms. The fraction of sp³-hybridized carbons (Fsp3) is 0.667. The van der Waals surface area contributed by atoms with Gasteiger partial charge in [0.05, 0.1) is 6.61 Å². The van der Waals surface area contributed by atoms with Crippen molar-refractivity contribution in [1.29, 1.82) is 0 Å². The summed E-state index contributed by atoms with van der Waals surface area (Å²) in [5.41, 5.74) is 2.08. The highest BCUT2D eigenvalue weighted by atomic mass is 16.6. The lowest BCUT2D eigenvalue weighted by Crippen LogP contribution is -2.49. The van der Waals surface area contributed by atoms with E-state index in [0.717, 1.165) is 30.2 Å². The van der Waals surface area contributed by atoms with E-state index in [-0.39, 0.29) is 6.09 Å². The molecule has 1 aliphatic heterocycles. The fourth-order valence-corrected chi connectivity index (χ4v) is 2.42. The number of carbonyl (C=O) groups excluding carboxylic acids is 1. The van der Waals surface area contributed by atoms with Gasteiger partial charge in [0, 0.05) is 51.5 Å². The van der Waals surface area contributed by atoms with Crippen LogP contribution in [0.2, 0.25) is 0 Å². The first-order chi connectivity index (χ1) is 10.4. The van der Waals surface area contributed by atoms with Crippen LogP contribution >= 0.6 is 0 Å². The second kappa shape index (κ2) is 6.81. The third-order valence-electron chi connectivity index (χ3n) is 3.86. The summed E-state index contributed by atoms with van der Waals surface area (Å²) < 4.78 is 5.05. The van der Waals surface area contributed by atoms with Crippen LogP contribution in [0.3, 0.4) is 0 Å². The molecule has 0 aromatic carbocycles. The molecule has 0 saturated carbocycles. The first kappa shape index (κ1) is 16.3. The molecule has 1 fully saturated rings. The van der Waals surface area contributed by atoms with E-state index < -0.39 is 0 Å². The molecule has 1 aromatic rings. The molecule has 2 heterocycles. The Morgan fingerprint density at radius 2 is 1.82 bits per heavy atom. The molecule has 1 aliphatic rings. The molecule has 1 saturated heterocycles. The number of carbonyl (C=O) groups is 1. The van der Waals surface area contributed by atoms with Gasteiger partial charge in [-0.1, -0.05) is 0 Å². The summed E-state index contributed by atoms with van der Waals surface area (Å²) >= 11 is 0. The highest BCUT2D eigenvalue weighted by Crippen LogP contribution is 2.23. The molecular weight excluding hydrogens is 282 g/mol. The summed E-state index contributed by atoms with van der Waals surface area (Å²) in [6, 6.07) is 0. The molecule has 0 N–H and O–H groups in total. The Morgan fingerprint density at radius 3 is 2.36 bits per heavy atom. The minimum atomic E-state index is -0.230. The molecule has 7 nitrogen and oxygen atoms in total. The van der Waals surface area contributed by atoms with Gasteiger partial charge < -0.3 is 19.4 Å². The number of piperazine rings is 1. The van der Waals surface area contributed by atoms with Crippen LogP contribution in [-0.2, 0) is 4.74 Å². The molecule has 0 atom stereocenters. The average molecular weight is 307 g/mol. The van der Waals surface area contributed by atoms with Gasteiger partial charge in [0.25, 0.3) is 0 Å². The van der Waals surface area contributed by atoms with E-state index in [0.29, 0.717) is 25.6 Å². The fourth-order valence-electron chi connectivity index (χ4n) is 2.42. The van der Waals surface area contributed by atoms with Crippen LogP contribution in [-0.4, -0.2) is 67.8 Å². The first-order valence-electron chi connectivity index (χ1n) is 7.63. The number of aromatic nitrogens is 2. The SMILES string of the molecule is CCOC(=O)N1CCN(c2nc(N(C)C)nc(C)c2C)CC1. The molecular formula is C15H25N5O2. The third kappa shape index (κ3) is 3.40. The van der Waals surface area contributed by atoms with Crippen LogP contribution in [0.15, 0.2) is 0 Å². The molecule has 0 aliphatic carbocycles. The zero-order chi connectivity index (χ0) is 16.3. The molecule has 0 bridgehead atoms. The van der Waals surface area contributed by atoms with Gasteiger partial charge in [-0.15, -0.1) is 0 Å². The number of rotatable bonds is 3. The van der Waals surface area contributed by atoms with E-state index in [4.69, 9.17) is 4.74 Å². The summed E-state index contributed by atoms with van der Waals surface area (Å²) in [4.78, 5) is 26.8. The summed E-state index contributed by atoms with van der Waals surface area (Å²) in [6.45, 7) is 9.09. The predicted octanol–water partition coefficient (Wildman–Crippen LogP) is 1.44. The monoisotopic (exact) mass is 307 g/mol. The molecule has 1 amide bonds. The zero-order valence-corrected chi connectivity index (χ0v) is 14.1. The second-order valence-corrected chi connectivity index (χ2v) is 5.63. The van der Waals surface area contributed by atoms with E-state index in [1.54, 1.807) is 4.90 Å². The van der Waals surface area contributed by atoms with Gasteiger partial charge in [0.15, 0.2) is 0 Å². The number of hydrogen-bond acceptors (Lipinski definition) is 6. The average Bonchev–Trinajstić information content (AvgIpc) is 2.50. The lowest BCUT2D eigenvalue weighted by Gasteiger charge is -2.35. The van der Waals surface area contributed by atoms with E-state index in [1.165, 1.54) is 0 Å². The molecule has 122 valence electrons. The van der Waals surface area contributed by atoms with Gasteiger partial charge in [-0.2, -0.15) is 4.98 Å². The van der Waals surface area contributed by atoms with Gasteiger partial charge in [0.1, 0.15) is 5.82 Å². The molecule has 7 heteroatoms. The van der Waals surface area contributed by atoms with Crippen molar-refractivity contribution >= 4 is 17.9 Å². The molecule has 1 aromatic heterocycles. The maximum absolute atomic E-state index is 11.8. The van der Waals surface area contributed by atoms with Crippen LogP contribution < -0.4 is 9.80 Å². The van der Waals surface area contributed by atoms with Crippen molar-refractivity contribution in [2.24, 2.45) is 0 Å². The van der Waals surface area contributed by atoms with Crippen molar-refractivity contribution in [2.45, 2.75) is 20.8 Å². The van der Waals surface area contributed by atoms with E-state index in [1.807, 2.05) is 39.8 Å². The largest absolute Gasteiger partial charge is 0.450 e. The number of hydrogen-bond donors (Lipinski definition) is 0. The Kier molecular flexibility index (Phi) is 5.05. The third-order valence-corrected chi connectivity index (χ3v) is 3.86. The predicted molar refractivity (Wildman–Crippen MR) is 86.6 cm³/mol. The molecule has 2 rings (SSSR count). The Morgan fingerprint density at radius 1 is 1.18 bits per heavy atom. The lowest BCUT2D eigenvalue weighted by atomic mass is 10.2. The van der Waals surface area contributed by atoms with Crippen molar-refractivity contribution < 1.29 is 9.53 Å². The van der Waals surface area contributed by atoms with Crippen LogP contribution in [0.5, 0.6) is 0 Å². The second-order valence-electron chi connectivity index (χ2n) is 5.63. The van der Waals surface area contributed by atoms with Crippen LogP contribution in [0.25, 0.3) is 0 Å². The zero-order valence-electron chi connectivity index (χ0n) is 14.1. The number of aryl methyl sites for hydroxylation is 1. The maximum Gasteiger partial charge on any atom is 0.409 e. The lowest BCUT2D eigenvalue weighted by molar-refractivity contribution is 0.105. The van der Waals surface area contributed by atoms with Crippen LogP contribution in [0, 0.1) is 13.8 Å². The normalized spacial score (nSPS) is 15.0. The van der Waals surface area contributed by atoms with Crippen molar-refractivity contribution in [3.8, 4) is 0 Å². The summed E-state index contributed by atoms with van der Waals surface area (Å²) in [5.74, 6) is 1.67. The summed E-state index contributed by atoms with van der Waals surface area (Å²) in [5, 5.41) is 0. The van der Waals surface area contributed by atoms with Crippen LogP contribution in [0.1, 0.15) is 18.2 Å². The number of anilines is 2. The highest BCUT2D eigenvalue weighted by Gasteiger charge is 2.24. The Labute approximate surface area is 131 Å². The van der Waals surface area contributed by atoms with Gasteiger partial charge in [-0.3, -0.25) is 0 Å². The topological polar surface area (TPSA) is 61.8 Å². The van der Waals surface area contributed by atoms with Gasteiger partial charge in [-0.25, -0.2) is 9.78 Å². The van der Waals surface area contributed by atoms with Gasteiger partial charge in [-0.05, 0) is 20.8 Å². The minimum absolute atomic E-state index is 0.230. The number of amides is 1. The van der Waals surface area contributed by atoms with Crippen molar-refractivity contribution in [2.75, 3.05) is 56.7 Å². The van der Waals surface area contributed by atoms with Crippen molar-refractivity contribution in [1.82, 2.24) is 14.9 Å². The summed E-state index contributed by atoms with van der Waals surface area (Å²) in [7, 11) is 3.87. The van der Waals surface area contributed by atoms with E-state index >= 15 is 0 Å². The Hall–Kier alpha value is -2.05. The molecule has 0 unspecified atom stereocenters. The van der Waals surface area contributed by atoms with Crippen LogP contribution in [0.4, 0.5) is 16.6 Å². The number of nitrogens with zero attached hydrogens (tertiary/aromatic N) is 5. The Balaban J connectivity index is 2.12.